The van der Waals surface area contributed by atoms with E-state index in [-0.39, 0.29) is 11.4 Å². The molecule has 9 heteroatoms. The Bertz CT molecular complexity index is 716. The zero-order valence-electron chi connectivity index (χ0n) is 11.0. The Morgan fingerprint density at radius 3 is 2.57 bits per heavy atom. The molecule has 0 atom stereocenters. The van der Waals surface area contributed by atoms with E-state index in [0.717, 1.165) is 22.1 Å². The summed E-state index contributed by atoms with van der Waals surface area (Å²) < 4.78 is 38.6. The third-order valence-electron chi connectivity index (χ3n) is 2.62. The summed E-state index contributed by atoms with van der Waals surface area (Å²) in [5.74, 6) is -1.14. The molecule has 0 aromatic carbocycles. The number of halogens is 3. The van der Waals surface area contributed by atoms with Gasteiger partial charge >= 0.3 is 12.1 Å². The summed E-state index contributed by atoms with van der Waals surface area (Å²) in [5.41, 5.74) is -0.793. The van der Waals surface area contributed by atoms with Crippen LogP contribution >= 0.6 is 11.3 Å². The molecule has 0 saturated carbocycles. The minimum atomic E-state index is -4.50. The Hall–Kier alpha value is -2.16. The van der Waals surface area contributed by atoms with E-state index in [1.165, 1.54) is 19.2 Å². The number of aryl methyl sites for hydroxylation is 2. The summed E-state index contributed by atoms with van der Waals surface area (Å²) in [4.78, 5) is 15.3. The second-order valence-electron chi connectivity index (χ2n) is 4.17. The zero-order valence-corrected chi connectivity index (χ0v) is 11.8. The average molecular weight is 317 g/mol. The van der Waals surface area contributed by atoms with Gasteiger partial charge in [-0.25, -0.2) is 9.78 Å². The van der Waals surface area contributed by atoms with Gasteiger partial charge in [-0.3, -0.25) is 4.68 Å². The Morgan fingerprint density at radius 1 is 1.43 bits per heavy atom. The zero-order chi connectivity index (χ0) is 15.8. The van der Waals surface area contributed by atoms with Crippen molar-refractivity contribution in [1.29, 1.82) is 0 Å². The number of hydrogen-bond acceptors (Lipinski definition) is 4. The minimum Gasteiger partial charge on any atom is -0.476 e. The number of alkyl halides is 3. The van der Waals surface area contributed by atoms with E-state index in [4.69, 9.17) is 5.11 Å². The van der Waals surface area contributed by atoms with Crippen LogP contribution in [-0.2, 0) is 13.2 Å². The highest BCUT2D eigenvalue weighted by molar-refractivity contribution is 7.12. The van der Waals surface area contributed by atoms with Crippen molar-refractivity contribution < 1.29 is 23.1 Å². The molecular formula is C12H10F3N3O2S. The summed E-state index contributed by atoms with van der Waals surface area (Å²) in [6.45, 7) is 1.62. The quantitative estimate of drug-likeness (QED) is 0.944. The van der Waals surface area contributed by atoms with Crippen LogP contribution in [0.5, 0.6) is 0 Å². The van der Waals surface area contributed by atoms with Crippen LogP contribution in [0.3, 0.4) is 0 Å². The lowest BCUT2D eigenvalue weighted by Gasteiger charge is -1.98. The van der Waals surface area contributed by atoms with Crippen LogP contribution in [0.25, 0.3) is 12.2 Å². The van der Waals surface area contributed by atoms with E-state index >= 15 is 0 Å². The molecule has 112 valence electrons. The Labute approximate surface area is 121 Å². The van der Waals surface area contributed by atoms with Crippen LogP contribution in [0, 0.1) is 6.92 Å². The first-order valence-corrected chi connectivity index (χ1v) is 6.50. The topological polar surface area (TPSA) is 68.0 Å². The van der Waals surface area contributed by atoms with E-state index in [0.29, 0.717) is 9.88 Å². The maximum Gasteiger partial charge on any atom is 0.435 e. The van der Waals surface area contributed by atoms with Gasteiger partial charge in [-0.05, 0) is 25.1 Å². The molecule has 2 rings (SSSR count). The molecule has 0 saturated heterocycles. The molecule has 0 spiro atoms. The highest BCUT2D eigenvalue weighted by atomic mass is 32.1. The van der Waals surface area contributed by atoms with Crippen molar-refractivity contribution in [3.05, 3.63) is 33.0 Å². The van der Waals surface area contributed by atoms with E-state index in [1.807, 2.05) is 0 Å². The van der Waals surface area contributed by atoms with Crippen LogP contribution in [0.4, 0.5) is 13.2 Å². The fraction of sp³-hybridized carbons (Fsp3) is 0.250. The van der Waals surface area contributed by atoms with Crippen molar-refractivity contribution >= 4 is 29.5 Å². The predicted octanol–water partition coefficient (Wildman–Crippen LogP) is 3.07. The smallest absolute Gasteiger partial charge is 0.435 e. The highest BCUT2D eigenvalue weighted by Gasteiger charge is 2.34. The fourth-order valence-electron chi connectivity index (χ4n) is 1.62. The van der Waals surface area contributed by atoms with E-state index in [1.54, 1.807) is 6.92 Å². The van der Waals surface area contributed by atoms with Crippen molar-refractivity contribution in [3.8, 4) is 0 Å². The molecule has 2 heterocycles. The van der Waals surface area contributed by atoms with Gasteiger partial charge in [0, 0.05) is 11.9 Å². The summed E-state index contributed by atoms with van der Waals surface area (Å²) in [6.07, 6.45) is -1.63. The fourth-order valence-corrected chi connectivity index (χ4v) is 2.44. The standard InChI is InChI=1S/C12H10F3N3O2S/c1-6-10(11(19)20)16-9(21-6)4-3-7-5-8(12(13,14)15)17-18(7)2/h3-5H,1-2H3,(H,19,20)/b4-3+. The van der Waals surface area contributed by atoms with E-state index in [9.17, 15) is 18.0 Å². The molecule has 0 unspecified atom stereocenters. The summed E-state index contributed by atoms with van der Waals surface area (Å²) in [5, 5.41) is 12.7. The van der Waals surface area contributed by atoms with Gasteiger partial charge in [-0.1, -0.05) is 0 Å². The molecule has 0 aliphatic carbocycles. The number of carboxylic acid groups (broad SMARTS) is 1. The molecular weight excluding hydrogens is 307 g/mol. The van der Waals surface area contributed by atoms with Gasteiger partial charge in [0.1, 0.15) is 5.01 Å². The number of aromatic nitrogens is 3. The van der Waals surface area contributed by atoms with Gasteiger partial charge in [0.05, 0.1) is 5.69 Å². The normalized spacial score (nSPS) is 12.2. The second kappa shape index (κ2) is 5.32. The maximum atomic E-state index is 12.5. The summed E-state index contributed by atoms with van der Waals surface area (Å²) >= 11 is 1.15. The third-order valence-corrected chi connectivity index (χ3v) is 3.55. The van der Waals surface area contributed by atoms with Crippen molar-refractivity contribution in [3.63, 3.8) is 0 Å². The first-order valence-electron chi connectivity index (χ1n) is 5.68. The second-order valence-corrected chi connectivity index (χ2v) is 5.41. The molecule has 0 aliphatic heterocycles. The Balaban J connectivity index is 2.28. The Morgan fingerprint density at radius 2 is 2.10 bits per heavy atom. The van der Waals surface area contributed by atoms with Crippen LogP contribution in [0.15, 0.2) is 6.07 Å². The molecule has 0 radical (unpaired) electrons. The van der Waals surface area contributed by atoms with E-state index in [2.05, 4.69) is 10.1 Å². The van der Waals surface area contributed by atoms with Gasteiger partial charge < -0.3 is 5.11 Å². The minimum absolute atomic E-state index is 0.0550. The van der Waals surface area contributed by atoms with Crippen molar-refractivity contribution in [2.24, 2.45) is 7.05 Å². The predicted molar refractivity (Wildman–Crippen MR) is 70.9 cm³/mol. The van der Waals surface area contributed by atoms with Gasteiger partial charge in [-0.2, -0.15) is 18.3 Å². The van der Waals surface area contributed by atoms with Gasteiger partial charge in [0.15, 0.2) is 11.4 Å². The summed E-state index contributed by atoms with van der Waals surface area (Å²) in [6, 6.07) is 0.912. The monoisotopic (exact) mass is 317 g/mol. The lowest BCUT2D eigenvalue weighted by molar-refractivity contribution is -0.141. The van der Waals surface area contributed by atoms with Crippen molar-refractivity contribution in [2.45, 2.75) is 13.1 Å². The highest BCUT2D eigenvalue weighted by Crippen LogP contribution is 2.29. The Kier molecular flexibility index (Phi) is 3.86. The molecule has 0 amide bonds. The molecule has 2 aromatic heterocycles. The number of rotatable bonds is 3. The number of aromatic carboxylic acids is 1. The van der Waals surface area contributed by atoms with Crippen LogP contribution in [0.2, 0.25) is 0 Å². The molecule has 21 heavy (non-hydrogen) atoms. The molecule has 1 N–H and O–H groups in total. The number of carboxylic acids is 1. The average Bonchev–Trinajstić information content (AvgIpc) is 2.89. The number of nitrogens with zero attached hydrogens (tertiary/aromatic N) is 3. The largest absolute Gasteiger partial charge is 0.476 e. The molecule has 0 bridgehead atoms. The van der Waals surface area contributed by atoms with Gasteiger partial charge in [0.25, 0.3) is 0 Å². The van der Waals surface area contributed by atoms with Crippen LogP contribution < -0.4 is 0 Å². The SMILES string of the molecule is Cc1sc(/C=C/c2cc(C(F)(F)F)nn2C)nc1C(=O)O. The molecule has 0 aliphatic rings. The first-order chi connectivity index (χ1) is 9.68. The van der Waals surface area contributed by atoms with Gasteiger partial charge in [-0.15, -0.1) is 11.3 Å². The molecule has 2 aromatic rings. The van der Waals surface area contributed by atoms with Gasteiger partial charge in [0.2, 0.25) is 0 Å². The molecule has 0 fully saturated rings. The van der Waals surface area contributed by atoms with Crippen LogP contribution in [-0.4, -0.2) is 25.8 Å². The van der Waals surface area contributed by atoms with E-state index < -0.39 is 17.8 Å². The summed E-state index contributed by atoms with van der Waals surface area (Å²) in [7, 11) is 1.39. The lowest BCUT2D eigenvalue weighted by atomic mass is 10.3. The first kappa shape index (κ1) is 15.2. The lowest BCUT2D eigenvalue weighted by Crippen LogP contribution is -2.06. The van der Waals surface area contributed by atoms with Crippen LogP contribution in [0.1, 0.15) is 31.8 Å². The number of thiazole rings is 1. The third kappa shape index (κ3) is 3.30. The van der Waals surface area contributed by atoms with Crippen molar-refractivity contribution in [1.82, 2.24) is 14.8 Å². The number of carbonyl (C=O) groups is 1. The molecule has 5 nitrogen and oxygen atoms in total. The van der Waals surface area contributed by atoms with Crippen molar-refractivity contribution in [2.75, 3.05) is 0 Å². The maximum absolute atomic E-state index is 12.5. The number of hydrogen-bond donors (Lipinski definition) is 1.